The molecule has 1 N–H and O–H groups in total. The van der Waals surface area contributed by atoms with Crippen LogP contribution in [0.15, 0.2) is 46.6 Å². The fraction of sp³-hybridized carbons (Fsp3) is 0.182. The summed E-state index contributed by atoms with van der Waals surface area (Å²) in [6, 6.07) is 8.71. The Morgan fingerprint density at radius 1 is 1.23 bits per heavy atom. The van der Waals surface area contributed by atoms with E-state index < -0.39 is 17.8 Å². The molecule has 0 radical (unpaired) electrons. The number of benzene rings is 2. The Kier molecular flexibility index (Phi) is 6.75. The predicted molar refractivity (Wildman–Crippen MR) is 113 cm³/mol. The van der Waals surface area contributed by atoms with Crippen LogP contribution in [-0.2, 0) is 11.3 Å². The SMILES string of the molecule is C#CCOc1cc(Br)c(/C=C2/NC(=O)N(Cc3ccccc3F)C2=O)cc1OCC. The van der Waals surface area contributed by atoms with Crippen molar-refractivity contribution >= 4 is 33.9 Å². The number of hydrogen-bond donors (Lipinski definition) is 1. The van der Waals surface area contributed by atoms with E-state index in [1.807, 2.05) is 6.92 Å². The highest BCUT2D eigenvalue weighted by Gasteiger charge is 2.34. The summed E-state index contributed by atoms with van der Waals surface area (Å²) in [5.41, 5.74) is 0.900. The van der Waals surface area contributed by atoms with Crippen molar-refractivity contribution in [3.63, 3.8) is 0 Å². The highest BCUT2D eigenvalue weighted by molar-refractivity contribution is 9.10. The van der Waals surface area contributed by atoms with Crippen LogP contribution in [0.1, 0.15) is 18.1 Å². The van der Waals surface area contributed by atoms with E-state index in [0.29, 0.717) is 28.1 Å². The van der Waals surface area contributed by atoms with Gasteiger partial charge in [0.25, 0.3) is 5.91 Å². The number of urea groups is 1. The van der Waals surface area contributed by atoms with E-state index >= 15 is 0 Å². The molecule has 30 heavy (non-hydrogen) atoms. The van der Waals surface area contributed by atoms with Gasteiger partial charge in [0, 0.05) is 10.0 Å². The summed E-state index contributed by atoms with van der Waals surface area (Å²) in [5, 5.41) is 2.53. The molecule has 6 nitrogen and oxygen atoms in total. The van der Waals surface area contributed by atoms with Gasteiger partial charge in [-0.25, -0.2) is 9.18 Å². The van der Waals surface area contributed by atoms with E-state index in [2.05, 4.69) is 27.2 Å². The van der Waals surface area contributed by atoms with Crippen molar-refractivity contribution in [2.45, 2.75) is 13.5 Å². The molecule has 0 unspecified atom stereocenters. The van der Waals surface area contributed by atoms with Crippen LogP contribution in [0.2, 0.25) is 0 Å². The van der Waals surface area contributed by atoms with Gasteiger partial charge in [0.05, 0.1) is 13.2 Å². The van der Waals surface area contributed by atoms with Gasteiger partial charge in [-0.3, -0.25) is 9.69 Å². The highest BCUT2D eigenvalue weighted by atomic mass is 79.9. The summed E-state index contributed by atoms with van der Waals surface area (Å²) < 4.78 is 25.6. The molecule has 0 bridgehead atoms. The second-order valence-electron chi connectivity index (χ2n) is 6.22. The van der Waals surface area contributed by atoms with Gasteiger partial charge in [-0.05, 0) is 36.8 Å². The number of amides is 3. The molecule has 0 aromatic heterocycles. The number of carbonyl (C=O) groups is 2. The first-order valence-electron chi connectivity index (χ1n) is 9.05. The fourth-order valence-corrected chi connectivity index (χ4v) is 3.27. The maximum absolute atomic E-state index is 13.9. The van der Waals surface area contributed by atoms with Crippen molar-refractivity contribution in [3.05, 3.63) is 63.5 Å². The third-order valence-corrected chi connectivity index (χ3v) is 4.91. The van der Waals surface area contributed by atoms with Crippen LogP contribution in [-0.4, -0.2) is 30.1 Å². The van der Waals surface area contributed by atoms with Gasteiger partial charge in [-0.15, -0.1) is 6.42 Å². The lowest BCUT2D eigenvalue weighted by Gasteiger charge is -2.13. The molecule has 2 aromatic carbocycles. The molecule has 0 atom stereocenters. The van der Waals surface area contributed by atoms with E-state index in [0.717, 1.165) is 4.90 Å². The molecule has 1 aliphatic rings. The van der Waals surface area contributed by atoms with E-state index in [1.54, 1.807) is 24.3 Å². The summed E-state index contributed by atoms with van der Waals surface area (Å²) in [4.78, 5) is 26.0. The summed E-state index contributed by atoms with van der Waals surface area (Å²) >= 11 is 3.43. The first-order chi connectivity index (χ1) is 14.4. The fourth-order valence-electron chi connectivity index (χ4n) is 2.83. The number of hydrogen-bond acceptors (Lipinski definition) is 4. The smallest absolute Gasteiger partial charge is 0.329 e. The molecule has 2 aromatic rings. The Balaban J connectivity index is 1.88. The third-order valence-electron chi connectivity index (χ3n) is 4.22. The number of nitrogens with one attached hydrogen (secondary N) is 1. The molecular formula is C22H18BrFN2O4. The highest BCUT2D eigenvalue weighted by Crippen LogP contribution is 2.35. The van der Waals surface area contributed by atoms with E-state index in [-0.39, 0.29) is 24.4 Å². The van der Waals surface area contributed by atoms with Crippen LogP contribution in [0.4, 0.5) is 9.18 Å². The second-order valence-corrected chi connectivity index (χ2v) is 7.07. The van der Waals surface area contributed by atoms with Gasteiger partial charge in [0.2, 0.25) is 0 Å². The molecular weight excluding hydrogens is 455 g/mol. The summed E-state index contributed by atoms with van der Waals surface area (Å²) in [7, 11) is 0. The van der Waals surface area contributed by atoms with Gasteiger partial charge in [-0.1, -0.05) is 40.0 Å². The van der Waals surface area contributed by atoms with E-state index in [4.69, 9.17) is 15.9 Å². The topological polar surface area (TPSA) is 67.9 Å². The number of terminal acetylenes is 1. The number of nitrogens with zero attached hydrogens (tertiary/aromatic N) is 1. The Bertz CT molecular complexity index is 1060. The van der Waals surface area contributed by atoms with Crippen molar-refractivity contribution in [2.24, 2.45) is 0 Å². The maximum atomic E-state index is 13.9. The maximum Gasteiger partial charge on any atom is 0.329 e. The quantitative estimate of drug-likeness (QED) is 0.374. The predicted octanol–water partition coefficient (Wildman–Crippen LogP) is 4.09. The van der Waals surface area contributed by atoms with Crippen LogP contribution < -0.4 is 14.8 Å². The Morgan fingerprint density at radius 3 is 2.67 bits per heavy atom. The van der Waals surface area contributed by atoms with Crippen molar-refractivity contribution in [1.82, 2.24) is 10.2 Å². The molecule has 1 saturated heterocycles. The Labute approximate surface area is 181 Å². The first kappa shape index (κ1) is 21.4. The van der Waals surface area contributed by atoms with E-state index in [1.165, 1.54) is 18.2 Å². The minimum absolute atomic E-state index is 0.0665. The summed E-state index contributed by atoms with van der Waals surface area (Å²) in [5.74, 6) is 2.25. The number of imide groups is 1. The van der Waals surface area contributed by atoms with Crippen molar-refractivity contribution in [2.75, 3.05) is 13.2 Å². The molecule has 1 fully saturated rings. The lowest BCUT2D eigenvalue weighted by molar-refractivity contribution is -0.123. The third kappa shape index (κ3) is 4.63. The van der Waals surface area contributed by atoms with Gasteiger partial charge in [0.1, 0.15) is 18.1 Å². The standard InChI is InChI=1S/C22H18BrFN2O4/c1-3-9-30-20-12-16(23)15(11-19(20)29-4-2)10-18-21(27)26(22(28)25-18)13-14-7-5-6-8-17(14)24/h1,5-8,10-12H,4,9,13H2,2H3,(H,25,28)/b18-10+. The molecule has 8 heteroatoms. The average molecular weight is 473 g/mol. The second kappa shape index (κ2) is 9.46. The normalized spacial score (nSPS) is 14.6. The Hall–Kier alpha value is -3.31. The lowest BCUT2D eigenvalue weighted by Crippen LogP contribution is -2.30. The number of ether oxygens (including phenoxy) is 2. The van der Waals surface area contributed by atoms with E-state index in [9.17, 15) is 14.0 Å². The molecule has 0 saturated carbocycles. The zero-order valence-electron chi connectivity index (χ0n) is 16.1. The van der Waals surface area contributed by atoms with Crippen LogP contribution in [0, 0.1) is 18.2 Å². The number of rotatable bonds is 7. The molecule has 154 valence electrons. The largest absolute Gasteiger partial charge is 0.490 e. The zero-order chi connectivity index (χ0) is 21.7. The lowest BCUT2D eigenvalue weighted by atomic mass is 10.1. The summed E-state index contributed by atoms with van der Waals surface area (Å²) in [6.07, 6.45) is 6.75. The van der Waals surface area contributed by atoms with Gasteiger partial charge in [-0.2, -0.15) is 0 Å². The van der Waals surface area contributed by atoms with Crippen LogP contribution in [0.5, 0.6) is 11.5 Å². The molecule has 3 rings (SSSR count). The van der Waals surface area contributed by atoms with Crippen molar-refractivity contribution < 1.29 is 23.5 Å². The molecule has 0 aliphatic carbocycles. The molecule has 3 amide bonds. The average Bonchev–Trinajstić information content (AvgIpc) is 2.98. The number of carbonyl (C=O) groups excluding carboxylic acids is 2. The van der Waals surface area contributed by atoms with Crippen LogP contribution in [0.25, 0.3) is 6.08 Å². The van der Waals surface area contributed by atoms with Gasteiger partial charge < -0.3 is 14.8 Å². The molecule has 0 spiro atoms. The summed E-state index contributed by atoms with van der Waals surface area (Å²) in [6.45, 7) is 2.13. The minimum atomic E-state index is -0.621. The van der Waals surface area contributed by atoms with Gasteiger partial charge >= 0.3 is 6.03 Å². The monoisotopic (exact) mass is 472 g/mol. The van der Waals surface area contributed by atoms with Gasteiger partial charge in [0.15, 0.2) is 11.5 Å². The van der Waals surface area contributed by atoms with Crippen LogP contribution >= 0.6 is 15.9 Å². The zero-order valence-corrected chi connectivity index (χ0v) is 17.7. The van der Waals surface area contributed by atoms with Crippen molar-refractivity contribution in [3.8, 4) is 23.8 Å². The number of halogens is 2. The molecule has 1 aliphatic heterocycles. The van der Waals surface area contributed by atoms with Crippen molar-refractivity contribution in [1.29, 1.82) is 0 Å². The minimum Gasteiger partial charge on any atom is -0.490 e. The molecule has 1 heterocycles. The first-order valence-corrected chi connectivity index (χ1v) is 9.84. The Morgan fingerprint density at radius 2 is 1.97 bits per heavy atom. The van der Waals surface area contributed by atoms with Crippen LogP contribution in [0.3, 0.4) is 0 Å².